The molecule has 0 heterocycles. The largest absolute Gasteiger partial charge is 0.480 e. The highest BCUT2D eigenvalue weighted by atomic mass is 127. The van der Waals surface area contributed by atoms with Crippen molar-refractivity contribution in [2.24, 2.45) is 5.73 Å². The van der Waals surface area contributed by atoms with Gasteiger partial charge in [0, 0.05) is 3.57 Å². The first-order valence-electron chi connectivity index (χ1n) is 3.73. The van der Waals surface area contributed by atoms with E-state index in [0.29, 0.717) is 5.56 Å². The molecule has 1 aromatic carbocycles. The first kappa shape index (κ1) is 10.5. The molecule has 0 radical (unpaired) electrons. The Morgan fingerprint density at radius 3 is 2.31 bits per heavy atom. The van der Waals surface area contributed by atoms with Gasteiger partial charge in [0.15, 0.2) is 0 Å². The summed E-state index contributed by atoms with van der Waals surface area (Å²) >= 11 is 2.15. The lowest BCUT2D eigenvalue weighted by Gasteiger charge is -2.19. The van der Waals surface area contributed by atoms with Crippen molar-refractivity contribution in [3.05, 3.63) is 33.4 Å². The molecular weight excluding hydrogens is 281 g/mol. The maximum atomic E-state index is 10.8. The van der Waals surface area contributed by atoms with Crippen LogP contribution in [0.5, 0.6) is 0 Å². The Morgan fingerprint density at radius 1 is 1.46 bits per heavy atom. The van der Waals surface area contributed by atoms with Gasteiger partial charge in [-0.15, -0.1) is 0 Å². The smallest absolute Gasteiger partial charge is 0.328 e. The van der Waals surface area contributed by atoms with Crippen LogP contribution in [0.1, 0.15) is 12.5 Å². The van der Waals surface area contributed by atoms with Crippen molar-refractivity contribution in [3.63, 3.8) is 0 Å². The molecule has 13 heavy (non-hydrogen) atoms. The van der Waals surface area contributed by atoms with Crippen LogP contribution in [0.25, 0.3) is 0 Å². The summed E-state index contributed by atoms with van der Waals surface area (Å²) in [6.45, 7) is 1.48. The van der Waals surface area contributed by atoms with Gasteiger partial charge >= 0.3 is 5.97 Å². The second-order valence-electron chi connectivity index (χ2n) is 3.01. The number of hydrogen-bond donors (Lipinski definition) is 2. The van der Waals surface area contributed by atoms with Gasteiger partial charge in [0.05, 0.1) is 0 Å². The zero-order chi connectivity index (χ0) is 10.1. The molecule has 0 aliphatic rings. The highest BCUT2D eigenvalue weighted by Gasteiger charge is 2.29. The van der Waals surface area contributed by atoms with Crippen LogP contribution >= 0.6 is 22.6 Å². The molecule has 0 amide bonds. The Bertz CT molecular complexity index is 319. The normalized spacial score (nSPS) is 15.0. The standard InChI is InChI=1S/C9H10INO2/c1-9(11,8(12)13)6-2-4-7(10)5-3-6/h2-5H,11H2,1H3,(H,12,13)/t9-/m0/s1. The average Bonchev–Trinajstić information content (AvgIpc) is 2.04. The number of aliphatic carboxylic acids is 1. The molecule has 1 rings (SSSR count). The van der Waals surface area contributed by atoms with Gasteiger partial charge in [0.25, 0.3) is 0 Å². The molecule has 1 aromatic rings. The van der Waals surface area contributed by atoms with E-state index >= 15 is 0 Å². The SMILES string of the molecule is C[C@@](N)(C(=O)O)c1ccc(I)cc1. The quantitative estimate of drug-likeness (QED) is 0.813. The van der Waals surface area contributed by atoms with Crippen molar-refractivity contribution in [2.45, 2.75) is 12.5 Å². The first-order valence-corrected chi connectivity index (χ1v) is 4.81. The Morgan fingerprint density at radius 2 is 1.92 bits per heavy atom. The Labute approximate surface area is 90.1 Å². The number of carboxylic acid groups (broad SMARTS) is 1. The van der Waals surface area contributed by atoms with E-state index in [9.17, 15) is 4.79 Å². The topological polar surface area (TPSA) is 63.3 Å². The van der Waals surface area contributed by atoms with Crippen molar-refractivity contribution in [3.8, 4) is 0 Å². The molecule has 4 heteroatoms. The minimum Gasteiger partial charge on any atom is -0.480 e. The van der Waals surface area contributed by atoms with Gasteiger partial charge in [0.2, 0.25) is 0 Å². The molecule has 70 valence electrons. The van der Waals surface area contributed by atoms with Gasteiger partial charge in [-0.05, 0) is 47.2 Å². The Balaban J connectivity index is 3.08. The van der Waals surface area contributed by atoms with Crippen LogP contribution in [0.4, 0.5) is 0 Å². The molecule has 0 spiro atoms. The summed E-state index contributed by atoms with van der Waals surface area (Å²) in [6, 6.07) is 7.14. The van der Waals surface area contributed by atoms with Crippen LogP contribution < -0.4 is 5.73 Å². The van der Waals surface area contributed by atoms with Crippen LogP contribution in [-0.2, 0) is 10.3 Å². The van der Waals surface area contributed by atoms with E-state index in [0.717, 1.165) is 3.57 Å². The van der Waals surface area contributed by atoms with Crippen LogP contribution in [0.2, 0.25) is 0 Å². The molecule has 3 N–H and O–H groups in total. The monoisotopic (exact) mass is 291 g/mol. The van der Waals surface area contributed by atoms with Gasteiger partial charge in [-0.3, -0.25) is 0 Å². The van der Waals surface area contributed by atoms with E-state index in [4.69, 9.17) is 10.8 Å². The summed E-state index contributed by atoms with van der Waals surface area (Å²) in [5.41, 5.74) is 4.94. The third kappa shape index (κ3) is 2.19. The first-order chi connectivity index (χ1) is 5.94. The van der Waals surface area contributed by atoms with E-state index in [1.807, 2.05) is 12.1 Å². The molecule has 1 atom stereocenters. The van der Waals surface area contributed by atoms with Gasteiger partial charge in [-0.25, -0.2) is 4.79 Å². The van der Waals surface area contributed by atoms with E-state index in [2.05, 4.69) is 22.6 Å². The molecule has 0 aliphatic carbocycles. The fourth-order valence-electron chi connectivity index (χ4n) is 0.920. The van der Waals surface area contributed by atoms with Crippen LogP contribution in [0.3, 0.4) is 0 Å². The molecule has 3 nitrogen and oxygen atoms in total. The maximum Gasteiger partial charge on any atom is 0.328 e. The highest BCUT2D eigenvalue weighted by Crippen LogP contribution is 2.18. The third-order valence-corrected chi connectivity index (χ3v) is 2.61. The number of nitrogens with two attached hydrogens (primary N) is 1. The minimum atomic E-state index is -1.30. The predicted molar refractivity (Wildman–Crippen MR) is 58.3 cm³/mol. The van der Waals surface area contributed by atoms with E-state index in [1.54, 1.807) is 12.1 Å². The molecule has 0 saturated heterocycles. The lowest BCUT2D eigenvalue weighted by molar-refractivity contribution is -0.143. The fourth-order valence-corrected chi connectivity index (χ4v) is 1.28. The third-order valence-electron chi connectivity index (χ3n) is 1.89. The summed E-state index contributed by atoms with van der Waals surface area (Å²) in [5, 5.41) is 8.84. The number of hydrogen-bond acceptors (Lipinski definition) is 2. The second-order valence-corrected chi connectivity index (χ2v) is 4.26. The molecule has 0 aromatic heterocycles. The second kappa shape index (κ2) is 3.63. The average molecular weight is 291 g/mol. The summed E-state index contributed by atoms with van der Waals surface area (Å²) in [4.78, 5) is 10.8. The lowest BCUT2D eigenvalue weighted by Crippen LogP contribution is -2.41. The van der Waals surface area contributed by atoms with Crippen LogP contribution in [0, 0.1) is 3.57 Å². The van der Waals surface area contributed by atoms with Crippen molar-refractivity contribution in [1.82, 2.24) is 0 Å². The summed E-state index contributed by atoms with van der Waals surface area (Å²) in [7, 11) is 0. The predicted octanol–water partition coefficient (Wildman–Crippen LogP) is 1.55. The van der Waals surface area contributed by atoms with Crippen molar-refractivity contribution in [2.75, 3.05) is 0 Å². The molecule has 0 aliphatic heterocycles. The van der Waals surface area contributed by atoms with Crippen molar-refractivity contribution < 1.29 is 9.90 Å². The fraction of sp³-hybridized carbons (Fsp3) is 0.222. The van der Waals surface area contributed by atoms with Crippen molar-refractivity contribution >= 4 is 28.6 Å². The molecular formula is C9H10INO2. The Hall–Kier alpha value is -0.620. The van der Waals surface area contributed by atoms with E-state index < -0.39 is 11.5 Å². The molecule has 0 fully saturated rings. The van der Waals surface area contributed by atoms with Gasteiger partial charge < -0.3 is 10.8 Å². The van der Waals surface area contributed by atoms with E-state index in [1.165, 1.54) is 6.92 Å². The maximum absolute atomic E-state index is 10.8. The summed E-state index contributed by atoms with van der Waals surface area (Å²) in [5.74, 6) is -1.02. The van der Waals surface area contributed by atoms with E-state index in [-0.39, 0.29) is 0 Å². The van der Waals surface area contributed by atoms with Gasteiger partial charge in [0.1, 0.15) is 5.54 Å². The number of carboxylic acids is 1. The lowest BCUT2D eigenvalue weighted by atomic mass is 9.94. The molecule has 0 bridgehead atoms. The number of benzene rings is 1. The Kier molecular flexibility index (Phi) is 2.92. The zero-order valence-corrected chi connectivity index (χ0v) is 9.28. The summed E-state index contributed by atoms with van der Waals surface area (Å²) in [6.07, 6.45) is 0. The highest BCUT2D eigenvalue weighted by molar-refractivity contribution is 14.1. The number of halogens is 1. The summed E-state index contributed by atoms with van der Waals surface area (Å²) < 4.78 is 1.06. The van der Waals surface area contributed by atoms with Crippen LogP contribution in [0.15, 0.2) is 24.3 Å². The van der Waals surface area contributed by atoms with Gasteiger partial charge in [-0.2, -0.15) is 0 Å². The molecule has 0 saturated carbocycles. The van der Waals surface area contributed by atoms with Crippen molar-refractivity contribution in [1.29, 1.82) is 0 Å². The van der Waals surface area contributed by atoms with Crippen LogP contribution in [-0.4, -0.2) is 11.1 Å². The van der Waals surface area contributed by atoms with Gasteiger partial charge in [-0.1, -0.05) is 12.1 Å². The number of carbonyl (C=O) groups is 1. The minimum absolute atomic E-state index is 0.611. The zero-order valence-electron chi connectivity index (χ0n) is 7.12. The molecule has 0 unspecified atom stereocenters. The number of rotatable bonds is 2.